The molecule has 0 spiro atoms. The second-order valence-electron chi connectivity index (χ2n) is 4.30. The molecule has 0 aliphatic carbocycles. The SMILES string of the molecule is C[C@@H]1CNC[C@@H]1N1CCCCC1. The van der Waals surface area contributed by atoms with Gasteiger partial charge >= 0.3 is 0 Å². The zero-order chi connectivity index (χ0) is 8.39. The van der Waals surface area contributed by atoms with Gasteiger partial charge in [-0.2, -0.15) is 0 Å². The van der Waals surface area contributed by atoms with Gasteiger partial charge in [-0.05, 0) is 38.4 Å². The summed E-state index contributed by atoms with van der Waals surface area (Å²) in [6.07, 6.45) is 4.29. The van der Waals surface area contributed by atoms with Crippen LogP contribution in [0.3, 0.4) is 0 Å². The second kappa shape index (κ2) is 3.75. The zero-order valence-electron chi connectivity index (χ0n) is 8.05. The molecule has 2 nitrogen and oxygen atoms in total. The first-order valence-electron chi connectivity index (χ1n) is 5.32. The fraction of sp³-hybridized carbons (Fsp3) is 1.00. The van der Waals surface area contributed by atoms with Crippen LogP contribution in [0.15, 0.2) is 0 Å². The number of nitrogens with one attached hydrogen (secondary N) is 1. The van der Waals surface area contributed by atoms with Crippen LogP contribution >= 0.6 is 0 Å². The van der Waals surface area contributed by atoms with Crippen molar-refractivity contribution in [2.24, 2.45) is 5.92 Å². The van der Waals surface area contributed by atoms with E-state index in [1.807, 2.05) is 0 Å². The van der Waals surface area contributed by atoms with Gasteiger partial charge in [0.15, 0.2) is 0 Å². The molecule has 2 heterocycles. The van der Waals surface area contributed by atoms with Gasteiger partial charge in [0.05, 0.1) is 0 Å². The van der Waals surface area contributed by atoms with E-state index in [2.05, 4.69) is 17.1 Å². The molecule has 0 aromatic rings. The fourth-order valence-electron chi connectivity index (χ4n) is 2.54. The van der Waals surface area contributed by atoms with Gasteiger partial charge in [-0.3, -0.25) is 4.90 Å². The van der Waals surface area contributed by atoms with Crippen LogP contribution in [0.2, 0.25) is 0 Å². The summed E-state index contributed by atoms with van der Waals surface area (Å²) in [4.78, 5) is 2.69. The van der Waals surface area contributed by atoms with Crippen molar-refractivity contribution in [1.82, 2.24) is 10.2 Å². The average Bonchev–Trinajstić information content (AvgIpc) is 2.53. The lowest BCUT2D eigenvalue weighted by molar-refractivity contribution is 0.148. The number of likely N-dealkylation sites (tertiary alicyclic amines) is 1. The molecular weight excluding hydrogens is 148 g/mol. The Balaban J connectivity index is 1.89. The van der Waals surface area contributed by atoms with Crippen molar-refractivity contribution in [3.05, 3.63) is 0 Å². The molecule has 2 aliphatic heterocycles. The average molecular weight is 168 g/mol. The molecule has 0 radical (unpaired) electrons. The van der Waals surface area contributed by atoms with Crippen molar-refractivity contribution in [1.29, 1.82) is 0 Å². The van der Waals surface area contributed by atoms with Crippen molar-refractivity contribution in [3.63, 3.8) is 0 Å². The number of hydrogen-bond donors (Lipinski definition) is 1. The smallest absolute Gasteiger partial charge is 0.0258 e. The summed E-state index contributed by atoms with van der Waals surface area (Å²) in [5, 5.41) is 3.48. The fourth-order valence-corrected chi connectivity index (χ4v) is 2.54. The van der Waals surface area contributed by atoms with Crippen LogP contribution in [0.1, 0.15) is 26.2 Å². The minimum absolute atomic E-state index is 0.838. The van der Waals surface area contributed by atoms with Crippen LogP contribution in [0, 0.1) is 5.92 Å². The first kappa shape index (κ1) is 8.52. The van der Waals surface area contributed by atoms with Gasteiger partial charge in [0, 0.05) is 12.6 Å². The van der Waals surface area contributed by atoms with Crippen molar-refractivity contribution in [2.45, 2.75) is 32.2 Å². The van der Waals surface area contributed by atoms with E-state index in [0.29, 0.717) is 0 Å². The summed E-state index contributed by atoms with van der Waals surface area (Å²) in [5.74, 6) is 0.864. The Labute approximate surface area is 75.3 Å². The molecule has 0 bridgehead atoms. The van der Waals surface area contributed by atoms with Gasteiger partial charge in [0.2, 0.25) is 0 Å². The molecule has 70 valence electrons. The lowest BCUT2D eigenvalue weighted by Crippen LogP contribution is -2.43. The molecule has 0 amide bonds. The second-order valence-corrected chi connectivity index (χ2v) is 4.30. The van der Waals surface area contributed by atoms with Gasteiger partial charge in [-0.15, -0.1) is 0 Å². The van der Waals surface area contributed by atoms with Crippen molar-refractivity contribution in [3.8, 4) is 0 Å². The van der Waals surface area contributed by atoms with Gasteiger partial charge in [0.25, 0.3) is 0 Å². The van der Waals surface area contributed by atoms with E-state index in [4.69, 9.17) is 0 Å². The van der Waals surface area contributed by atoms with E-state index >= 15 is 0 Å². The molecule has 0 saturated carbocycles. The zero-order valence-corrected chi connectivity index (χ0v) is 8.05. The van der Waals surface area contributed by atoms with Crippen LogP contribution in [-0.2, 0) is 0 Å². The predicted molar refractivity (Wildman–Crippen MR) is 51.2 cm³/mol. The Kier molecular flexibility index (Phi) is 2.66. The first-order chi connectivity index (χ1) is 5.88. The Bertz CT molecular complexity index is 141. The molecule has 0 aromatic carbocycles. The molecule has 2 saturated heterocycles. The molecule has 12 heavy (non-hydrogen) atoms. The summed E-state index contributed by atoms with van der Waals surface area (Å²) in [7, 11) is 0. The standard InChI is InChI=1S/C10H20N2/c1-9-7-11-8-10(9)12-5-3-2-4-6-12/h9-11H,2-8H2,1H3/t9-,10+/m1/s1. The Morgan fingerprint density at radius 1 is 1.08 bits per heavy atom. The number of nitrogens with zero attached hydrogens (tertiary/aromatic N) is 1. The van der Waals surface area contributed by atoms with E-state index < -0.39 is 0 Å². The quantitative estimate of drug-likeness (QED) is 0.630. The molecule has 2 aliphatic rings. The van der Waals surface area contributed by atoms with Crippen LogP contribution in [-0.4, -0.2) is 37.1 Å². The lowest BCUT2D eigenvalue weighted by Gasteiger charge is -2.34. The third-order valence-corrected chi connectivity index (χ3v) is 3.34. The van der Waals surface area contributed by atoms with Crippen LogP contribution in [0.4, 0.5) is 0 Å². The van der Waals surface area contributed by atoms with Gasteiger partial charge in [-0.25, -0.2) is 0 Å². The highest BCUT2D eigenvalue weighted by molar-refractivity contribution is 4.87. The summed E-state index contributed by atoms with van der Waals surface area (Å²) in [5.41, 5.74) is 0. The largest absolute Gasteiger partial charge is 0.315 e. The van der Waals surface area contributed by atoms with Crippen LogP contribution in [0.25, 0.3) is 0 Å². The molecule has 1 N–H and O–H groups in total. The van der Waals surface area contributed by atoms with E-state index in [9.17, 15) is 0 Å². The highest BCUT2D eigenvalue weighted by Gasteiger charge is 2.29. The normalized spacial score (nSPS) is 38.8. The summed E-state index contributed by atoms with van der Waals surface area (Å²) < 4.78 is 0. The van der Waals surface area contributed by atoms with E-state index in [1.165, 1.54) is 45.4 Å². The predicted octanol–water partition coefficient (Wildman–Crippen LogP) is 1.08. The van der Waals surface area contributed by atoms with Crippen molar-refractivity contribution >= 4 is 0 Å². The third kappa shape index (κ3) is 1.64. The maximum Gasteiger partial charge on any atom is 0.0258 e. The van der Waals surface area contributed by atoms with Gasteiger partial charge in [-0.1, -0.05) is 13.3 Å². The van der Waals surface area contributed by atoms with E-state index in [0.717, 1.165) is 12.0 Å². The molecule has 2 rings (SSSR count). The van der Waals surface area contributed by atoms with Gasteiger partial charge in [0.1, 0.15) is 0 Å². The molecule has 2 heteroatoms. The summed E-state index contributed by atoms with van der Waals surface area (Å²) >= 11 is 0. The number of piperidine rings is 1. The van der Waals surface area contributed by atoms with Crippen molar-refractivity contribution in [2.75, 3.05) is 26.2 Å². The Morgan fingerprint density at radius 3 is 2.42 bits per heavy atom. The highest BCUT2D eigenvalue weighted by Crippen LogP contribution is 2.19. The minimum Gasteiger partial charge on any atom is -0.315 e. The molecule has 2 atom stereocenters. The Hall–Kier alpha value is -0.0800. The van der Waals surface area contributed by atoms with Gasteiger partial charge < -0.3 is 5.32 Å². The first-order valence-corrected chi connectivity index (χ1v) is 5.32. The third-order valence-electron chi connectivity index (χ3n) is 3.34. The molecule has 0 unspecified atom stereocenters. The van der Waals surface area contributed by atoms with Crippen molar-refractivity contribution < 1.29 is 0 Å². The topological polar surface area (TPSA) is 15.3 Å². The maximum absolute atomic E-state index is 3.48. The minimum atomic E-state index is 0.838. The van der Waals surface area contributed by atoms with Crippen LogP contribution < -0.4 is 5.32 Å². The highest BCUT2D eigenvalue weighted by atomic mass is 15.2. The molecular formula is C10H20N2. The maximum atomic E-state index is 3.48. The monoisotopic (exact) mass is 168 g/mol. The lowest BCUT2D eigenvalue weighted by atomic mass is 10.0. The molecule has 2 fully saturated rings. The number of hydrogen-bond acceptors (Lipinski definition) is 2. The van der Waals surface area contributed by atoms with Crippen LogP contribution in [0.5, 0.6) is 0 Å². The Morgan fingerprint density at radius 2 is 1.83 bits per heavy atom. The van der Waals surface area contributed by atoms with E-state index in [1.54, 1.807) is 0 Å². The van der Waals surface area contributed by atoms with E-state index in [-0.39, 0.29) is 0 Å². The number of rotatable bonds is 1. The summed E-state index contributed by atoms with van der Waals surface area (Å²) in [6.45, 7) is 7.51. The summed E-state index contributed by atoms with van der Waals surface area (Å²) in [6, 6.07) is 0.838. The molecule has 0 aromatic heterocycles.